The van der Waals surface area contributed by atoms with Crippen LogP contribution in [0.2, 0.25) is 0 Å². The molecule has 1 heterocycles. The van der Waals surface area contributed by atoms with E-state index < -0.39 is 0 Å². The highest BCUT2D eigenvalue weighted by atomic mass is 16.2. The number of carbonyl (C=O) groups is 2. The van der Waals surface area contributed by atoms with Gasteiger partial charge >= 0.3 is 0 Å². The first kappa shape index (κ1) is 13.2. The third kappa shape index (κ3) is 2.84. The molecule has 0 radical (unpaired) electrons. The fourth-order valence-corrected chi connectivity index (χ4v) is 2.79. The predicted octanol–water partition coefficient (Wildman–Crippen LogP) is 1.62. The van der Waals surface area contributed by atoms with Crippen LogP contribution in [0.4, 0.5) is 0 Å². The Bertz CT molecular complexity index is 537. The van der Waals surface area contributed by atoms with Crippen molar-refractivity contribution in [2.45, 2.75) is 38.8 Å². The minimum atomic E-state index is -0.296. The van der Waals surface area contributed by atoms with E-state index in [1.807, 2.05) is 30.0 Å². The average Bonchev–Trinajstić information content (AvgIpc) is 3.24. The Balaban J connectivity index is 1.76. The zero-order valence-corrected chi connectivity index (χ0v) is 11.8. The van der Waals surface area contributed by atoms with E-state index in [1.54, 1.807) is 0 Å². The van der Waals surface area contributed by atoms with Gasteiger partial charge in [0.05, 0.1) is 0 Å². The van der Waals surface area contributed by atoms with Gasteiger partial charge < -0.3 is 10.2 Å². The molecular formula is C16H20N2O2. The normalized spacial score (nSPS) is 23.4. The maximum absolute atomic E-state index is 12.6. The largest absolute Gasteiger partial charge is 0.344 e. The van der Waals surface area contributed by atoms with Crippen LogP contribution < -0.4 is 5.32 Å². The van der Waals surface area contributed by atoms with Gasteiger partial charge in [-0.3, -0.25) is 9.59 Å². The van der Waals surface area contributed by atoms with Gasteiger partial charge in [-0.05, 0) is 31.2 Å². The molecule has 1 saturated carbocycles. The van der Waals surface area contributed by atoms with Crippen molar-refractivity contribution in [2.24, 2.45) is 5.92 Å². The SMILES string of the molecule is Cc1cccc(CN2CCC(=O)NC(C3CC3)C2=O)c1. The second kappa shape index (κ2) is 5.27. The van der Waals surface area contributed by atoms with Crippen LogP contribution in [-0.4, -0.2) is 29.3 Å². The molecule has 1 aliphatic heterocycles. The number of benzene rings is 1. The molecule has 1 aromatic carbocycles. The lowest BCUT2D eigenvalue weighted by atomic mass is 10.1. The van der Waals surface area contributed by atoms with Crippen molar-refractivity contribution in [3.8, 4) is 0 Å². The van der Waals surface area contributed by atoms with Crippen molar-refractivity contribution in [3.05, 3.63) is 35.4 Å². The maximum atomic E-state index is 12.6. The Morgan fingerprint density at radius 2 is 2.10 bits per heavy atom. The van der Waals surface area contributed by atoms with Crippen molar-refractivity contribution >= 4 is 11.8 Å². The summed E-state index contributed by atoms with van der Waals surface area (Å²) in [5.74, 6) is 0.436. The van der Waals surface area contributed by atoms with E-state index in [0.717, 1.165) is 18.4 Å². The molecule has 0 bridgehead atoms. The monoisotopic (exact) mass is 272 g/mol. The number of nitrogens with zero attached hydrogens (tertiary/aromatic N) is 1. The highest BCUT2D eigenvalue weighted by molar-refractivity contribution is 5.90. The van der Waals surface area contributed by atoms with Crippen LogP contribution in [0.1, 0.15) is 30.4 Å². The first-order valence-corrected chi connectivity index (χ1v) is 7.27. The van der Waals surface area contributed by atoms with Gasteiger partial charge in [0.25, 0.3) is 0 Å². The molecule has 0 aromatic heterocycles. The fourth-order valence-electron chi connectivity index (χ4n) is 2.79. The molecule has 4 nitrogen and oxygen atoms in total. The van der Waals surface area contributed by atoms with Crippen LogP contribution in [-0.2, 0) is 16.1 Å². The molecular weight excluding hydrogens is 252 g/mol. The summed E-state index contributed by atoms with van der Waals surface area (Å²) in [6.45, 7) is 3.16. The Morgan fingerprint density at radius 3 is 2.80 bits per heavy atom. The zero-order chi connectivity index (χ0) is 14.1. The van der Waals surface area contributed by atoms with E-state index in [9.17, 15) is 9.59 Å². The number of rotatable bonds is 3. The summed E-state index contributed by atoms with van der Waals surface area (Å²) in [6, 6.07) is 7.89. The molecule has 20 heavy (non-hydrogen) atoms. The number of hydrogen-bond acceptors (Lipinski definition) is 2. The molecule has 3 rings (SSSR count). The van der Waals surface area contributed by atoms with Crippen molar-refractivity contribution in [2.75, 3.05) is 6.54 Å². The van der Waals surface area contributed by atoms with Crippen LogP contribution in [0.3, 0.4) is 0 Å². The summed E-state index contributed by atoms with van der Waals surface area (Å²) in [6.07, 6.45) is 2.50. The van der Waals surface area contributed by atoms with E-state index in [2.05, 4.69) is 11.4 Å². The van der Waals surface area contributed by atoms with Gasteiger partial charge in [-0.15, -0.1) is 0 Å². The summed E-state index contributed by atoms with van der Waals surface area (Å²) in [5, 5.41) is 2.89. The van der Waals surface area contributed by atoms with Gasteiger partial charge in [-0.2, -0.15) is 0 Å². The Kier molecular flexibility index (Phi) is 3.47. The Morgan fingerprint density at radius 1 is 1.30 bits per heavy atom. The second-order valence-electron chi connectivity index (χ2n) is 5.88. The number of carbonyl (C=O) groups excluding carboxylic acids is 2. The van der Waals surface area contributed by atoms with Crippen molar-refractivity contribution in [1.82, 2.24) is 10.2 Å². The number of amides is 2. The van der Waals surface area contributed by atoms with E-state index in [1.165, 1.54) is 5.56 Å². The minimum absolute atomic E-state index is 0.00184. The summed E-state index contributed by atoms with van der Waals surface area (Å²) in [4.78, 5) is 26.1. The third-order valence-corrected chi connectivity index (χ3v) is 4.05. The fraction of sp³-hybridized carbons (Fsp3) is 0.500. The van der Waals surface area contributed by atoms with Gasteiger partial charge in [0.1, 0.15) is 6.04 Å². The van der Waals surface area contributed by atoms with Crippen molar-refractivity contribution < 1.29 is 9.59 Å². The molecule has 1 N–H and O–H groups in total. The van der Waals surface area contributed by atoms with E-state index in [-0.39, 0.29) is 17.9 Å². The molecule has 2 fully saturated rings. The summed E-state index contributed by atoms with van der Waals surface area (Å²) in [5.41, 5.74) is 2.32. The molecule has 0 spiro atoms. The summed E-state index contributed by atoms with van der Waals surface area (Å²) >= 11 is 0. The van der Waals surface area contributed by atoms with Gasteiger partial charge in [0, 0.05) is 19.5 Å². The number of hydrogen-bond donors (Lipinski definition) is 1. The Labute approximate surface area is 119 Å². The second-order valence-corrected chi connectivity index (χ2v) is 5.88. The lowest BCUT2D eigenvalue weighted by Gasteiger charge is -2.24. The van der Waals surface area contributed by atoms with Gasteiger partial charge in [0.2, 0.25) is 11.8 Å². The van der Waals surface area contributed by atoms with E-state index >= 15 is 0 Å². The lowest BCUT2D eigenvalue weighted by molar-refractivity contribution is -0.134. The smallest absolute Gasteiger partial charge is 0.245 e. The van der Waals surface area contributed by atoms with Crippen molar-refractivity contribution in [3.63, 3.8) is 0 Å². The van der Waals surface area contributed by atoms with Crippen molar-refractivity contribution in [1.29, 1.82) is 0 Å². The molecule has 2 amide bonds. The summed E-state index contributed by atoms with van der Waals surface area (Å²) in [7, 11) is 0. The minimum Gasteiger partial charge on any atom is -0.344 e. The Hall–Kier alpha value is -1.84. The number of nitrogens with one attached hydrogen (secondary N) is 1. The van der Waals surface area contributed by atoms with E-state index in [4.69, 9.17) is 0 Å². The molecule has 1 aromatic rings. The van der Waals surface area contributed by atoms with Crippen LogP contribution in [0, 0.1) is 12.8 Å². The zero-order valence-electron chi connectivity index (χ0n) is 11.8. The maximum Gasteiger partial charge on any atom is 0.245 e. The molecule has 1 atom stereocenters. The topological polar surface area (TPSA) is 49.4 Å². The molecule has 106 valence electrons. The molecule has 1 saturated heterocycles. The molecule has 4 heteroatoms. The third-order valence-electron chi connectivity index (χ3n) is 4.05. The quantitative estimate of drug-likeness (QED) is 0.909. The van der Waals surface area contributed by atoms with E-state index in [0.29, 0.717) is 25.4 Å². The van der Waals surface area contributed by atoms with Gasteiger partial charge in [0.15, 0.2) is 0 Å². The molecule has 1 unspecified atom stereocenters. The van der Waals surface area contributed by atoms with Crippen LogP contribution in [0.25, 0.3) is 0 Å². The van der Waals surface area contributed by atoms with Gasteiger partial charge in [-0.25, -0.2) is 0 Å². The predicted molar refractivity (Wildman–Crippen MR) is 75.9 cm³/mol. The molecule has 2 aliphatic rings. The highest BCUT2D eigenvalue weighted by Crippen LogP contribution is 2.34. The molecule has 1 aliphatic carbocycles. The average molecular weight is 272 g/mol. The van der Waals surface area contributed by atoms with Crippen LogP contribution in [0.5, 0.6) is 0 Å². The highest BCUT2D eigenvalue weighted by Gasteiger charge is 2.40. The lowest BCUT2D eigenvalue weighted by Crippen LogP contribution is -2.45. The first-order valence-electron chi connectivity index (χ1n) is 7.27. The van der Waals surface area contributed by atoms with Crippen LogP contribution >= 0.6 is 0 Å². The first-order chi connectivity index (χ1) is 9.63. The van der Waals surface area contributed by atoms with Crippen LogP contribution in [0.15, 0.2) is 24.3 Å². The standard InChI is InChI=1S/C16H20N2O2/c1-11-3-2-4-12(9-11)10-18-8-7-14(19)17-15(16(18)20)13-5-6-13/h2-4,9,13,15H,5-8,10H2,1H3,(H,17,19). The van der Waals surface area contributed by atoms with Gasteiger partial charge in [-0.1, -0.05) is 29.8 Å². The summed E-state index contributed by atoms with van der Waals surface area (Å²) < 4.78 is 0. The number of aryl methyl sites for hydroxylation is 1.